The van der Waals surface area contributed by atoms with Gasteiger partial charge < -0.3 is 5.32 Å². The minimum atomic E-state index is -0.480. The Kier molecular flexibility index (Phi) is 4.34. The van der Waals surface area contributed by atoms with E-state index in [0.717, 1.165) is 10.2 Å². The largest absolute Gasteiger partial charge is 0.378 e. The number of nitro benzene ring substituents is 1. The van der Waals surface area contributed by atoms with E-state index in [1.165, 1.54) is 12.1 Å². The Morgan fingerprint density at radius 1 is 1.37 bits per heavy atom. The highest BCUT2D eigenvalue weighted by atomic mass is 79.9. The first kappa shape index (κ1) is 13.8. The molecule has 0 spiro atoms. The molecule has 2 aromatic rings. The molecular weight excluding hydrogens is 334 g/mol. The molecule has 98 valence electrons. The molecule has 0 saturated heterocycles. The number of anilines is 1. The van der Waals surface area contributed by atoms with E-state index in [-0.39, 0.29) is 5.69 Å². The summed E-state index contributed by atoms with van der Waals surface area (Å²) in [6, 6.07) is 8.07. The Hall–Kier alpha value is -1.66. The van der Waals surface area contributed by atoms with Gasteiger partial charge >= 0.3 is 0 Å². The molecule has 0 aliphatic heterocycles. The average molecular weight is 343 g/mol. The average Bonchev–Trinajstić information content (AvgIpc) is 2.39. The second-order valence-corrected chi connectivity index (χ2v) is 5.07. The first-order valence-corrected chi connectivity index (χ1v) is 6.51. The summed E-state index contributed by atoms with van der Waals surface area (Å²) in [4.78, 5) is 14.3. The summed E-state index contributed by atoms with van der Waals surface area (Å²) in [5, 5.41) is 14.0. The second kappa shape index (κ2) is 5.99. The van der Waals surface area contributed by atoms with Crippen molar-refractivity contribution >= 4 is 38.9 Å². The number of hydrogen-bond donors (Lipinski definition) is 1. The van der Waals surface area contributed by atoms with Crippen LogP contribution in [0.5, 0.6) is 0 Å². The normalized spacial score (nSPS) is 10.2. The fourth-order valence-electron chi connectivity index (χ4n) is 1.46. The van der Waals surface area contributed by atoms with Crippen LogP contribution in [0.15, 0.2) is 41.0 Å². The molecule has 0 radical (unpaired) electrons. The minimum Gasteiger partial charge on any atom is -0.378 e. The van der Waals surface area contributed by atoms with Gasteiger partial charge in [0.15, 0.2) is 0 Å². The third-order valence-electron chi connectivity index (χ3n) is 2.41. The van der Waals surface area contributed by atoms with Crippen molar-refractivity contribution in [2.45, 2.75) is 6.54 Å². The van der Waals surface area contributed by atoms with E-state index < -0.39 is 4.92 Å². The quantitative estimate of drug-likeness (QED) is 0.673. The van der Waals surface area contributed by atoms with Gasteiger partial charge in [-0.3, -0.25) is 15.1 Å². The zero-order valence-electron chi connectivity index (χ0n) is 9.64. The SMILES string of the molecule is O=[N+]([O-])c1ccc(NCc2ccc(Br)cn2)c(Cl)c1. The lowest BCUT2D eigenvalue weighted by molar-refractivity contribution is -0.384. The molecule has 0 aliphatic carbocycles. The van der Waals surface area contributed by atoms with Crippen LogP contribution in [-0.2, 0) is 6.54 Å². The van der Waals surface area contributed by atoms with E-state index >= 15 is 0 Å². The maximum absolute atomic E-state index is 10.6. The second-order valence-electron chi connectivity index (χ2n) is 3.74. The molecule has 0 aliphatic rings. The Morgan fingerprint density at radius 3 is 2.74 bits per heavy atom. The monoisotopic (exact) mass is 341 g/mol. The smallest absolute Gasteiger partial charge is 0.271 e. The summed E-state index contributed by atoms with van der Waals surface area (Å²) in [6.07, 6.45) is 1.70. The number of non-ortho nitro benzene ring substituents is 1. The van der Waals surface area contributed by atoms with Crippen molar-refractivity contribution < 1.29 is 4.92 Å². The predicted molar refractivity (Wildman–Crippen MR) is 77.4 cm³/mol. The summed E-state index contributed by atoms with van der Waals surface area (Å²) < 4.78 is 0.907. The number of aromatic nitrogens is 1. The summed E-state index contributed by atoms with van der Waals surface area (Å²) in [6.45, 7) is 0.491. The van der Waals surface area contributed by atoms with Crippen molar-refractivity contribution in [3.63, 3.8) is 0 Å². The highest BCUT2D eigenvalue weighted by molar-refractivity contribution is 9.10. The fraction of sp³-hybridized carbons (Fsp3) is 0.0833. The van der Waals surface area contributed by atoms with Crippen LogP contribution in [-0.4, -0.2) is 9.91 Å². The molecular formula is C12H9BrClN3O2. The Labute approximate surface area is 122 Å². The molecule has 1 heterocycles. The van der Waals surface area contributed by atoms with Gasteiger partial charge in [0.1, 0.15) is 0 Å². The highest BCUT2D eigenvalue weighted by Gasteiger charge is 2.09. The van der Waals surface area contributed by atoms with Crippen LogP contribution in [0, 0.1) is 10.1 Å². The Balaban J connectivity index is 2.07. The van der Waals surface area contributed by atoms with Gasteiger partial charge in [0.2, 0.25) is 0 Å². The van der Waals surface area contributed by atoms with Crippen molar-refractivity contribution in [1.29, 1.82) is 0 Å². The van der Waals surface area contributed by atoms with E-state index in [1.54, 1.807) is 12.3 Å². The standard InChI is InChI=1S/C12H9BrClN3O2/c13-8-1-2-9(15-6-8)7-16-12-4-3-10(17(18)19)5-11(12)14/h1-6,16H,7H2. The molecule has 1 aromatic carbocycles. The third-order valence-corrected chi connectivity index (χ3v) is 3.19. The Bertz CT molecular complexity index is 604. The number of hydrogen-bond acceptors (Lipinski definition) is 4. The molecule has 1 N–H and O–H groups in total. The molecule has 0 bridgehead atoms. The van der Waals surface area contributed by atoms with Gasteiger partial charge in [0.25, 0.3) is 5.69 Å². The minimum absolute atomic E-state index is 0.0303. The van der Waals surface area contributed by atoms with Crippen LogP contribution >= 0.6 is 27.5 Å². The lowest BCUT2D eigenvalue weighted by atomic mass is 10.2. The van der Waals surface area contributed by atoms with Crippen molar-refractivity contribution in [3.8, 4) is 0 Å². The predicted octanol–water partition coefficient (Wildman–Crippen LogP) is 4.02. The fourth-order valence-corrected chi connectivity index (χ4v) is 1.93. The number of rotatable bonds is 4. The van der Waals surface area contributed by atoms with Gasteiger partial charge in [-0.05, 0) is 34.1 Å². The number of halogens is 2. The maximum atomic E-state index is 10.6. The summed E-state index contributed by atoms with van der Waals surface area (Å²) >= 11 is 9.28. The zero-order valence-corrected chi connectivity index (χ0v) is 12.0. The van der Waals surface area contributed by atoms with E-state index in [1.807, 2.05) is 12.1 Å². The van der Waals surface area contributed by atoms with Crippen LogP contribution in [0.25, 0.3) is 0 Å². The molecule has 0 fully saturated rings. The van der Waals surface area contributed by atoms with Crippen LogP contribution in [0.3, 0.4) is 0 Å². The van der Waals surface area contributed by atoms with Crippen LogP contribution < -0.4 is 5.32 Å². The first-order valence-electron chi connectivity index (χ1n) is 5.34. The Morgan fingerprint density at radius 2 is 2.16 bits per heavy atom. The molecule has 19 heavy (non-hydrogen) atoms. The molecule has 0 amide bonds. The molecule has 1 aromatic heterocycles. The molecule has 5 nitrogen and oxygen atoms in total. The topological polar surface area (TPSA) is 68.1 Å². The zero-order chi connectivity index (χ0) is 13.8. The van der Waals surface area contributed by atoms with Gasteiger partial charge in [-0.1, -0.05) is 11.6 Å². The first-order chi connectivity index (χ1) is 9.06. The van der Waals surface area contributed by atoms with Crippen LogP contribution in [0.1, 0.15) is 5.69 Å². The number of pyridine rings is 1. The third kappa shape index (κ3) is 3.65. The van der Waals surface area contributed by atoms with Crippen molar-refractivity contribution in [2.75, 3.05) is 5.32 Å². The lowest BCUT2D eigenvalue weighted by Crippen LogP contribution is -2.02. The number of nitro groups is 1. The molecule has 0 unspecified atom stereocenters. The van der Waals surface area contributed by atoms with Gasteiger partial charge in [-0.25, -0.2) is 0 Å². The number of nitrogens with one attached hydrogen (secondary N) is 1. The molecule has 0 atom stereocenters. The van der Waals surface area contributed by atoms with Gasteiger partial charge in [0, 0.05) is 22.8 Å². The van der Waals surface area contributed by atoms with Crippen molar-refractivity contribution in [1.82, 2.24) is 4.98 Å². The van der Waals surface area contributed by atoms with E-state index in [0.29, 0.717) is 17.3 Å². The van der Waals surface area contributed by atoms with Crippen molar-refractivity contribution in [3.05, 3.63) is 61.8 Å². The summed E-state index contributed by atoms with van der Waals surface area (Å²) in [7, 11) is 0. The van der Waals surface area contributed by atoms with Crippen LogP contribution in [0.2, 0.25) is 5.02 Å². The molecule has 2 rings (SSSR count). The maximum Gasteiger partial charge on any atom is 0.271 e. The van der Waals surface area contributed by atoms with E-state index in [2.05, 4.69) is 26.2 Å². The number of benzene rings is 1. The van der Waals surface area contributed by atoms with Crippen molar-refractivity contribution in [2.24, 2.45) is 0 Å². The summed E-state index contributed by atoms with van der Waals surface area (Å²) in [5.41, 5.74) is 1.45. The highest BCUT2D eigenvalue weighted by Crippen LogP contribution is 2.26. The summed E-state index contributed by atoms with van der Waals surface area (Å²) in [5.74, 6) is 0. The molecule has 7 heteroatoms. The van der Waals surface area contributed by atoms with E-state index in [4.69, 9.17) is 11.6 Å². The van der Waals surface area contributed by atoms with Gasteiger partial charge in [-0.15, -0.1) is 0 Å². The van der Waals surface area contributed by atoms with E-state index in [9.17, 15) is 10.1 Å². The lowest BCUT2D eigenvalue weighted by Gasteiger charge is -2.07. The van der Waals surface area contributed by atoms with Crippen LogP contribution in [0.4, 0.5) is 11.4 Å². The van der Waals surface area contributed by atoms with Gasteiger partial charge in [0.05, 0.1) is 27.9 Å². The van der Waals surface area contributed by atoms with Gasteiger partial charge in [-0.2, -0.15) is 0 Å². The molecule has 0 saturated carbocycles. The number of nitrogens with zero attached hydrogens (tertiary/aromatic N) is 2.